The quantitative estimate of drug-likeness (QED) is 0.127. The van der Waals surface area contributed by atoms with Crippen LogP contribution < -0.4 is 51.7 Å². The molecule has 0 spiro atoms. The highest BCUT2D eigenvalue weighted by Crippen LogP contribution is 2.51. The molecular formula is C98H76BN3OSi. The summed E-state index contributed by atoms with van der Waals surface area (Å²) in [5, 5.41) is 7.46. The highest BCUT2D eigenvalue weighted by molar-refractivity contribution is 7.21. The van der Waals surface area contributed by atoms with Crippen molar-refractivity contribution in [1.29, 1.82) is 0 Å². The van der Waals surface area contributed by atoms with E-state index < -0.39 is 8.07 Å². The third-order valence-electron chi connectivity index (χ3n) is 22.1. The molecule has 1 aromatic heterocycles. The Hall–Kier alpha value is -12.2. The van der Waals surface area contributed by atoms with E-state index in [1.54, 1.807) is 0 Å². The van der Waals surface area contributed by atoms with E-state index in [2.05, 4.69) is 408 Å². The molecule has 15 aromatic carbocycles. The molecule has 4 nitrogen and oxygen atoms in total. The van der Waals surface area contributed by atoms with Gasteiger partial charge in [0.2, 0.25) is 0 Å². The van der Waals surface area contributed by atoms with Crippen molar-refractivity contribution in [3.63, 3.8) is 0 Å². The van der Waals surface area contributed by atoms with Gasteiger partial charge in [-0.1, -0.05) is 315 Å². The van der Waals surface area contributed by atoms with Crippen LogP contribution in [-0.2, 0) is 10.8 Å². The third kappa shape index (κ3) is 10.3. The standard InChI is InChI=1S/C98H76BN3OSi/c1-97(2,3)75-53-74(54-76(60-75)98(4,5)6)69-49-50-84-88(59-69)101(77-55-70(65-31-13-7-14-32-65)51-71(56-77)66-33-15-8-16-34-66)90-61-79(100-86-45-27-25-43-82(86)83-44-26-28-46-87(83)100)62-91-96(90)99(84)85-63-95-93(103-92-47-29-30-48-94(92)104(95,80-39-21-11-22-40-80)81-41-23-12-24-42-81)64-89(85)102(91)78-57-72(67-35-17-9-18-36-67)52-73(58-78)68-37-19-10-20-38-68/h7-64H,1-6H3. The fourth-order valence-corrected chi connectivity index (χ4v) is 22.0. The van der Waals surface area contributed by atoms with Crippen LogP contribution in [0.1, 0.15) is 52.7 Å². The van der Waals surface area contributed by atoms with Gasteiger partial charge in [0.15, 0.2) is 8.07 Å². The van der Waals surface area contributed by atoms with E-state index in [1.807, 2.05) is 0 Å². The van der Waals surface area contributed by atoms with Gasteiger partial charge >= 0.3 is 0 Å². The minimum absolute atomic E-state index is 0.109. The van der Waals surface area contributed by atoms with Gasteiger partial charge < -0.3 is 19.1 Å². The number of anilines is 6. The SMILES string of the molecule is CC(C)(C)c1cc(-c2ccc3c(c2)N(c2cc(-c4ccccc4)cc(-c4ccccc4)c2)c2cc(-n4c5ccccc5c5ccccc54)cc4c2B3c2cc3c(cc2N4c2cc(-c4ccccc4)cc(-c4ccccc4)c2)Oc2ccccc2[Si]3(c2ccccc2)c2ccccc2)cc(C(C)(C)C)c1. The zero-order valence-electron chi connectivity index (χ0n) is 59.3. The summed E-state index contributed by atoms with van der Waals surface area (Å²) in [7, 11) is -3.26. The van der Waals surface area contributed by atoms with Gasteiger partial charge in [-0.25, -0.2) is 0 Å². The molecule has 0 fully saturated rings. The van der Waals surface area contributed by atoms with E-state index in [4.69, 9.17) is 4.74 Å². The Morgan fingerprint density at radius 3 is 1.14 bits per heavy atom. The molecule has 0 radical (unpaired) electrons. The topological polar surface area (TPSA) is 20.6 Å². The average molecular weight is 1350 g/mol. The summed E-state index contributed by atoms with van der Waals surface area (Å²) in [6.45, 7) is 13.8. The first-order chi connectivity index (χ1) is 50.8. The second-order valence-corrected chi connectivity index (χ2v) is 34.2. The molecule has 6 heteroatoms. The molecule has 0 atom stereocenters. The van der Waals surface area contributed by atoms with Gasteiger partial charge in [-0.2, -0.15) is 0 Å². The van der Waals surface area contributed by atoms with Crippen LogP contribution >= 0.6 is 0 Å². The molecule has 0 bridgehead atoms. The van der Waals surface area contributed by atoms with Crippen molar-refractivity contribution in [3.05, 3.63) is 363 Å². The van der Waals surface area contributed by atoms with Crippen LogP contribution in [0.3, 0.4) is 0 Å². The number of hydrogen-bond acceptors (Lipinski definition) is 3. The van der Waals surface area contributed by atoms with E-state index in [1.165, 1.54) is 64.6 Å². The van der Waals surface area contributed by atoms with Crippen molar-refractivity contribution in [2.45, 2.75) is 52.4 Å². The molecule has 3 aliphatic rings. The smallest absolute Gasteiger partial charge is 0.252 e. The average Bonchev–Trinajstić information content (AvgIpc) is 0.690. The van der Waals surface area contributed by atoms with Crippen molar-refractivity contribution < 1.29 is 4.74 Å². The maximum Gasteiger partial charge on any atom is 0.252 e. The largest absolute Gasteiger partial charge is 0.457 e. The fraction of sp³-hybridized carbons (Fsp3) is 0.0816. The van der Waals surface area contributed by atoms with Crippen molar-refractivity contribution in [1.82, 2.24) is 4.57 Å². The molecule has 0 amide bonds. The van der Waals surface area contributed by atoms with Gasteiger partial charge in [0.25, 0.3) is 6.71 Å². The third-order valence-corrected chi connectivity index (χ3v) is 26.9. The maximum absolute atomic E-state index is 7.65. The van der Waals surface area contributed by atoms with Crippen LogP contribution in [0.15, 0.2) is 352 Å². The Morgan fingerprint density at radius 2 is 0.683 bits per heavy atom. The predicted octanol–water partition coefficient (Wildman–Crippen LogP) is 21.3. The number of benzene rings is 15. The first kappa shape index (κ1) is 62.8. The molecular weight excluding hydrogens is 1270 g/mol. The number of aromatic nitrogens is 1. The Bertz CT molecular complexity index is 5800. The molecule has 3 aliphatic heterocycles. The van der Waals surface area contributed by atoms with E-state index in [0.29, 0.717) is 0 Å². The Balaban J connectivity index is 1.00. The highest BCUT2D eigenvalue weighted by Gasteiger charge is 2.51. The Morgan fingerprint density at radius 1 is 0.279 bits per heavy atom. The van der Waals surface area contributed by atoms with Gasteiger partial charge in [-0.05, 0) is 188 Å². The molecule has 0 unspecified atom stereocenters. The van der Waals surface area contributed by atoms with Crippen LogP contribution in [0.5, 0.6) is 11.5 Å². The van der Waals surface area contributed by atoms with Crippen LogP contribution in [0.25, 0.3) is 83.1 Å². The zero-order valence-corrected chi connectivity index (χ0v) is 60.3. The monoisotopic (exact) mass is 1350 g/mol. The summed E-state index contributed by atoms with van der Waals surface area (Å²) in [4.78, 5) is 5.28. The molecule has 0 saturated carbocycles. The van der Waals surface area contributed by atoms with Crippen molar-refractivity contribution in [2.24, 2.45) is 0 Å². The maximum atomic E-state index is 7.65. The summed E-state index contributed by atoms with van der Waals surface area (Å²) in [6, 6.07) is 133. The van der Waals surface area contributed by atoms with E-state index in [-0.39, 0.29) is 17.5 Å². The second-order valence-electron chi connectivity index (χ2n) is 30.4. The van der Waals surface area contributed by atoms with Crippen molar-refractivity contribution in [2.75, 3.05) is 9.80 Å². The van der Waals surface area contributed by atoms with E-state index in [9.17, 15) is 0 Å². The summed E-state index contributed by atoms with van der Waals surface area (Å²) in [5.74, 6) is 1.75. The Kier molecular flexibility index (Phi) is 14.8. The number of para-hydroxylation sites is 3. The van der Waals surface area contributed by atoms with Crippen LogP contribution in [0, 0.1) is 0 Å². The first-order valence-electron chi connectivity index (χ1n) is 36.5. The van der Waals surface area contributed by atoms with Gasteiger partial charge in [0, 0.05) is 51.0 Å². The lowest BCUT2D eigenvalue weighted by Gasteiger charge is -2.46. The summed E-state index contributed by atoms with van der Waals surface area (Å²) in [6.07, 6.45) is 0. The predicted molar refractivity (Wildman–Crippen MR) is 443 cm³/mol. The number of rotatable bonds is 10. The lowest BCUT2D eigenvalue weighted by Crippen LogP contribution is -2.77. The zero-order chi connectivity index (χ0) is 70.0. The lowest BCUT2D eigenvalue weighted by atomic mass is 9.33. The van der Waals surface area contributed by atoms with Crippen LogP contribution in [-0.4, -0.2) is 19.4 Å². The molecule has 19 rings (SSSR count). The Labute approximate surface area is 611 Å². The normalized spacial score (nSPS) is 13.4. The molecule has 0 N–H and O–H groups in total. The lowest BCUT2D eigenvalue weighted by molar-refractivity contribution is 0.487. The summed E-state index contributed by atoms with van der Waals surface area (Å²) in [5.41, 5.74) is 27.3. The van der Waals surface area contributed by atoms with Crippen molar-refractivity contribution in [3.8, 4) is 72.8 Å². The minimum Gasteiger partial charge on any atom is -0.457 e. The van der Waals surface area contributed by atoms with Gasteiger partial charge in [-0.15, -0.1) is 0 Å². The molecule has 4 heterocycles. The second kappa shape index (κ2) is 24.5. The van der Waals surface area contributed by atoms with E-state index in [0.717, 1.165) is 112 Å². The number of ether oxygens (including phenoxy) is 1. The highest BCUT2D eigenvalue weighted by atomic mass is 28.3. The van der Waals surface area contributed by atoms with Gasteiger partial charge in [-0.3, -0.25) is 0 Å². The van der Waals surface area contributed by atoms with Crippen molar-refractivity contribution >= 4 is 108 Å². The number of fused-ring (bicyclic) bond motifs is 9. The van der Waals surface area contributed by atoms with Gasteiger partial charge in [0.1, 0.15) is 11.5 Å². The fourth-order valence-electron chi connectivity index (χ4n) is 17.1. The van der Waals surface area contributed by atoms with E-state index >= 15 is 0 Å². The van der Waals surface area contributed by atoms with Crippen LogP contribution in [0.2, 0.25) is 0 Å². The molecule has 16 aromatic rings. The molecule has 104 heavy (non-hydrogen) atoms. The summed E-state index contributed by atoms with van der Waals surface area (Å²) >= 11 is 0. The molecule has 0 aliphatic carbocycles. The minimum atomic E-state index is -3.26. The van der Waals surface area contributed by atoms with Crippen LogP contribution in [0.4, 0.5) is 34.1 Å². The summed E-state index contributed by atoms with van der Waals surface area (Å²) < 4.78 is 10.2. The molecule has 0 saturated heterocycles. The number of hydrogen-bond donors (Lipinski definition) is 0. The van der Waals surface area contributed by atoms with Gasteiger partial charge in [0.05, 0.1) is 16.7 Å². The number of nitrogens with zero attached hydrogens (tertiary/aromatic N) is 3. The first-order valence-corrected chi connectivity index (χ1v) is 38.5. The molecule has 496 valence electrons.